The highest BCUT2D eigenvalue weighted by Gasteiger charge is 2.30. The Labute approximate surface area is 185 Å². The number of hydrogen-bond acceptors (Lipinski definition) is 3. The number of anilines is 1. The second kappa shape index (κ2) is 9.89. The maximum Gasteiger partial charge on any atom is 0.253 e. The highest BCUT2D eigenvalue weighted by atomic mass is 79.9. The van der Waals surface area contributed by atoms with Crippen molar-refractivity contribution in [3.05, 3.63) is 64.1 Å². The molecule has 3 rings (SSSR count). The number of benzene rings is 2. The lowest BCUT2D eigenvalue weighted by atomic mass is 9.95. The Kier molecular flexibility index (Phi) is 7.26. The molecule has 3 amide bonds. The molecular formula is C23H26BrN3O3. The molecule has 7 heteroatoms. The smallest absolute Gasteiger partial charge is 0.253 e. The molecule has 158 valence electrons. The lowest BCUT2D eigenvalue weighted by Gasteiger charge is -2.33. The Morgan fingerprint density at radius 3 is 2.23 bits per heavy atom. The van der Waals surface area contributed by atoms with E-state index < -0.39 is 0 Å². The van der Waals surface area contributed by atoms with Gasteiger partial charge in [-0.25, -0.2) is 0 Å². The molecule has 0 radical (unpaired) electrons. The standard InChI is InChI=1S/C23H26BrN3O3/c1-16-3-9-20(10-4-16)25-21(28)15-26(2)22(29)18-11-13-27(14-12-18)23(30)17-5-7-19(24)8-6-17/h3-10,18H,11-15H2,1-2H3,(H,25,28). The minimum absolute atomic E-state index is 0.00471. The molecule has 2 aromatic rings. The van der Waals surface area contributed by atoms with Crippen molar-refractivity contribution < 1.29 is 14.4 Å². The van der Waals surface area contributed by atoms with Crippen molar-refractivity contribution >= 4 is 39.3 Å². The molecule has 0 unspecified atom stereocenters. The van der Waals surface area contributed by atoms with Crippen LogP contribution in [0.25, 0.3) is 0 Å². The van der Waals surface area contributed by atoms with Crippen LogP contribution in [0.2, 0.25) is 0 Å². The van der Waals surface area contributed by atoms with E-state index in [0.29, 0.717) is 37.2 Å². The summed E-state index contributed by atoms with van der Waals surface area (Å²) in [4.78, 5) is 40.9. The van der Waals surface area contributed by atoms with Crippen molar-refractivity contribution in [3.8, 4) is 0 Å². The second-order valence-electron chi connectivity index (χ2n) is 7.68. The van der Waals surface area contributed by atoms with E-state index in [1.807, 2.05) is 43.3 Å². The number of piperidine rings is 1. The van der Waals surface area contributed by atoms with Gasteiger partial charge in [-0.1, -0.05) is 33.6 Å². The minimum atomic E-state index is -0.224. The summed E-state index contributed by atoms with van der Waals surface area (Å²) in [5.74, 6) is -0.460. The SMILES string of the molecule is Cc1ccc(NC(=O)CN(C)C(=O)C2CCN(C(=O)c3ccc(Br)cc3)CC2)cc1. The van der Waals surface area contributed by atoms with Gasteiger partial charge in [0.15, 0.2) is 0 Å². The summed E-state index contributed by atoms with van der Waals surface area (Å²) in [5.41, 5.74) is 2.48. The number of likely N-dealkylation sites (N-methyl/N-ethyl adjacent to an activating group) is 1. The molecule has 0 bridgehead atoms. The molecule has 0 aromatic heterocycles. The van der Waals surface area contributed by atoms with Gasteiger partial charge in [0.05, 0.1) is 6.54 Å². The molecule has 2 aromatic carbocycles. The molecule has 0 saturated carbocycles. The van der Waals surface area contributed by atoms with Crippen LogP contribution >= 0.6 is 15.9 Å². The zero-order chi connectivity index (χ0) is 21.7. The summed E-state index contributed by atoms with van der Waals surface area (Å²) in [7, 11) is 1.65. The van der Waals surface area contributed by atoms with Gasteiger partial charge in [-0.3, -0.25) is 14.4 Å². The first kappa shape index (κ1) is 22.0. The van der Waals surface area contributed by atoms with Gasteiger partial charge in [0.25, 0.3) is 5.91 Å². The maximum absolute atomic E-state index is 12.8. The van der Waals surface area contributed by atoms with Gasteiger partial charge in [-0.15, -0.1) is 0 Å². The molecule has 1 heterocycles. The molecule has 0 aliphatic carbocycles. The number of carbonyl (C=O) groups is 3. The van der Waals surface area contributed by atoms with Crippen LogP contribution in [0.5, 0.6) is 0 Å². The zero-order valence-electron chi connectivity index (χ0n) is 17.2. The monoisotopic (exact) mass is 471 g/mol. The van der Waals surface area contributed by atoms with Crippen LogP contribution in [0.1, 0.15) is 28.8 Å². The van der Waals surface area contributed by atoms with Crippen molar-refractivity contribution in [1.82, 2.24) is 9.80 Å². The van der Waals surface area contributed by atoms with Crippen LogP contribution < -0.4 is 5.32 Å². The fourth-order valence-electron chi connectivity index (χ4n) is 3.55. The Balaban J connectivity index is 1.48. The summed E-state index contributed by atoms with van der Waals surface area (Å²) in [5, 5.41) is 2.81. The first-order chi connectivity index (χ1) is 14.3. The van der Waals surface area contributed by atoms with Gasteiger partial charge in [-0.05, 0) is 56.2 Å². The van der Waals surface area contributed by atoms with Crippen LogP contribution in [0.4, 0.5) is 5.69 Å². The third kappa shape index (κ3) is 5.69. The molecule has 1 aliphatic rings. The van der Waals surface area contributed by atoms with E-state index in [4.69, 9.17) is 0 Å². The van der Waals surface area contributed by atoms with Crippen LogP contribution in [-0.2, 0) is 9.59 Å². The van der Waals surface area contributed by atoms with Crippen LogP contribution in [0.3, 0.4) is 0 Å². The number of carbonyl (C=O) groups excluding carboxylic acids is 3. The summed E-state index contributed by atoms with van der Waals surface area (Å²) in [6, 6.07) is 14.8. The highest BCUT2D eigenvalue weighted by Crippen LogP contribution is 2.21. The normalized spacial score (nSPS) is 14.3. The number of aryl methyl sites for hydroxylation is 1. The average molecular weight is 472 g/mol. The number of nitrogens with zero attached hydrogens (tertiary/aromatic N) is 2. The van der Waals surface area contributed by atoms with E-state index in [1.165, 1.54) is 4.90 Å². The van der Waals surface area contributed by atoms with E-state index in [9.17, 15) is 14.4 Å². The Bertz CT molecular complexity index is 904. The van der Waals surface area contributed by atoms with Gasteiger partial charge in [0, 0.05) is 41.8 Å². The molecule has 1 fully saturated rings. The topological polar surface area (TPSA) is 69.7 Å². The lowest BCUT2D eigenvalue weighted by Crippen LogP contribution is -2.45. The van der Waals surface area contributed by atoms with Crippen molar-refractivity contribution in [2.75, 3.05) is 32.0 Å². The Morgan fingerprint density at radius 2 is 1.63 bits per heavy atom. The van der Waals surface area contributed by atoms with Gasteiger partial charge in [-0.2, -0.15) is 0 Å². The van der Waals surface area contributed by atoms with Crippen molar-refractivity contribution in [3.63, 3.8) is 0 Å². The van der Waals surface area contributed by atoms with Crippen molar-refractivity contribution in [1.29, 1.82) is 0 Å². The van der Waals surface area contributed by atoms with Crippen LogP contribution in [0.15, 0.2) is 53.0 Å². The number of nitrogens with one attached hydrogen (secondary N) is 1. The molecule has 0 spiro atoms. The number of halogens is 1. The largest absolute Gasteiger partial charge is 0.339 e. The Hall–Kier alpha value is -2.67. The van der Waals surface area contributed by atoms with E-state index in [0.717, 1.165) is 10.0 Å². The predicted molar refractivity (Wildman–Crippen MR) is 120 cm³/mol. The summed E-state index contributed by atoms with van der Waals surface area (Å²) in [6.45, 7) is 3.06. The third-order valence-electron chi connectivity index (χ3n) is 5.31. The maximum atomic E-state index is 12.8. The molecule has 1 N–H and O–H groups in total. The number of hydrogen-bond donors (Lipinski definition) is 1. The number of amides is 3. The van der Waals surface area contributed by atoms with Crippen LogP contribution in [0, 0.1) is 12.8 Å². The van der Waals surface area contributed by atoms with Gasteiger partial charge in [0.2, 0.25) is 11.8 Å². The molecule has 1 aliphatic heterocycles. The minimum Gasteiger partial charge on any atom is -0.339 e. The fraction of sp³-hybridized carbons (Fsp3) is 0.348. The van der Waals surface area contributed by atoms with Crippen molar-refractivity contribution in [2.24, 2.45) is 5.92 Å². The number of rotatable bonds is 5. The number of likely N-dealkylation sites (tertiary alicyclic amines) is 1. The lowest BCUT2D eigenvalue weighted by molar-refractivity contribution is -0.138. The molecule has 0 atom stereocenters. The second-order valence-corrected chi connectivity index (χ2v) is 8.60. The first-order valence-electron chi connectivity index (χ1n) is 10.00. The first-order valence-corrected chi connectivity index (χ1v) is 10.8. The summed E-state index contributed by atoms with van der Waals surface area (Å²) >= 11 is 3.37. The molecule has 6 nitrogen and oxygen atoms in total. The van der Waals surface area contributed by atoms with Gasteiger partial charge >= 0.3 is 0 Å². The van der Waals surface area contributed by atoms with E-state index >= 15 is 0 Å². The van der Waals surface area contributed by atoms with Gasteiger partial charge < -0.3 is 15.1 Å². The van der Waals surface area contributed by atoms with E-state index in [1.54, 1.807) is 24.1 Å². The predicted octanol–water partition coefficient (Wildman–Crippen LogP) is 3.71. The fourth-order valence-corrected chi connectivity index (χ4v) is 3.81. The quantitative estimate of drug-likeness (QED) is 0.722. The van der Waals surface area contributed by atoms with Crippen molar-refractivity contribution in [2.45, 2.75) is 19.8 Å². The third-order valence-corrected chi connectivity index (χ3v) is 5.84. The zero-order valence-corrected chi connectivity index (χ0v) is 18.8. The van der Waals surface area contributed by atoms with Gasteiger partial charge in [0.1, 0.15) is 0 Å². The van der Waals surface area contributed by atoms with E-state index in [-0.39, 0.29) is 30.2 Å². The van der Waals surface area contributed by atoms with E-state index in [2.05, 4.69) is 21.2 Å². The average Bonchev–Trinajstić information content (AvgIpc) is 2.75. The summed E-state index contributed by atoms with van der Waals surface area (Å²) < 4.78 is 0.929. The van der Waals surface area contributed by atoms with Crippen LogP contribution in [-0.4, -0.2) is 54.2 Å². The summed E-state index contributed by atoms with van der Waals surface area (Å²) in [6.07, 6.45) is 1.20. The molecule has 1 saturated heterocycles. The Morgan fingerprint density at radius 1 is 1.03 bits per heavy atom. The highest BCUT2D eigenvalue weighted by molar-refractivity contribution is 9.10. The molecule has 30 heavy (non-hydrogen) atoms. The molecular weight excluding hydrogens is 446 g/mol.